The van der Waals surface area contributed by atoms with Crippen molar-refractivity contribution in [2.75, 3.05) is 5.32 Å². The Morgan fingerprint density at radius 1 is 1.00 bits per heavy atom. The van der Waals surface area contributed by atoms with Gasteiger partial charge in [0.1, 0.15) is 0 Å². The van der Waals surface area contributed by atoms with Crippen LogP contribution in [0.2, 0.25) is 0 Å². The van der Waals surface area contributed by atoms with Gasteiger partial charge in [0.25, 0.3) is 5.56 Å². The van der Waals surface area contributed by atoms with Crippen LogP contribution in [0.15, 0.2) is 77.9 Å². The normalized spacial score (nSPS) is 11.2. The molecular formula is C26H22N4O2S. The predicted octanol–water partition coefficient (Wildman–Crippen LogP) is 5.46. The summed E-state index contributed by atoms with van der Waals surface area (Å²) in [4.78, 5) is 34.1. The molecule has 0 unspecified atom stereocenters. The molecule has 2 heterocycles. The van der Waals surface area contributed by atoms with E-state index in [0.29, 0.717) is 29.0 Å². The van der Waals surface area contributed by atoms with Crippen LogP contribution in [-0.4, -0.2) is 20.4 Å². The summed E-state index contributed by atoms with van der Waals surface area (Å²) in [6, 6.07) is 21.6. The molecule has 33 heavy (non-hydrogen) atoms. The van der Waals surface area contributed by atoms with Crippen LogP contribution in [0.3, 0.4) is 0 Å². The van der Waals surface area contributed by atoms with E-state index in [1.54, 1.807) is 10.9 Å². The Morgan fingerprint density at radius 2 is 1.79 bits per heavy atom. The first-order valence-electron chi connectivity index (χ1n) is 10.8. The van der Waals surface area contributed by atoms with Crippen molar-refractivity contribution in [3.05, 3.63) is 89.0 Å². The third-order valence-corrected chi connectivity index (χ3v) is 6.42. The monoisotopic (exact) mass is 454 g/mol. The maximum absolute atomic E-state index is 13.2. The molecule has 6 nitrogen and oxygen atoms in total. The Balaban J connectivity index is 1.49. The van der Waals surface area contributed by atoms with Crippen LogP contribution >= 0.6 is 11.3 Å². The number of amides is 1. The first kappa shape index (κ1) is 21.0. The van der Waals surface area contributed by atoms with Gasteiger partial charge >= 0.3 is 0 Å². The van der Waals surface area contributed by atoms with Crippen molar-refractivity contribution < 1.29 is 4.79 Å². The number of rotatable bonds is 6. The van der Waals surface area contributed by atoms with Crippen molar-refractivity contribution in [3.63, 3.8) is 0 Å². The molecule has 0 spiro atoms. The molecule has 1 N–H and O–H groups in total. The van der Waals surface area contributed by atoms with E-state index < -0.39 is 0 Å². The lowest BCUT2D eigenvalue weighted by Crippen LogP contribution is -2.21. The fraction of sp³-hybridized carbons (Fsp3) is 0.154. The number of carbonyl (C=O) groups excluding carboxylic acids is 1. The molecule has 0 aliphatic heterocycles. The van der Waals surface area contributed by atoms with Gasteiger partial charge in [-0.1, -0.05) is 60.7 Å². The summed E-state index contributed by atoms with van der Waals surface area (Å²) >= 11 is 1.46. The third-order valence-electron chi connectivity index (χ3n) is 5.46. The lowest BCUT2D eigenvalue weighted by Gasteiger charge is -2.08. The second kappa shape index (κ2) is 8.96. The van der Waals surface area contributed by atoms with Gasteiger partial charge in [0.2, 0.25) is 5.91 Å². The number of thiazole rings is 1. The van der Waals surface area contributed by atoms with Crippen LogP contribution in [0.1, 0.15) is 25.3 Å². The van der Waals surface area contributed by atoms with Crippen molar-refractivity contribution in [2.24, 2.45) is 0 Å². The molecular weight excluding hydrogens is 432 g/mol. The number of hydrogen-bond donors (Lipinski definition) is 1. The Hall–Kier alpha value is -3.84. The molecule has 164 valence electrons. The molecule has 0 saturated heterocycles. The van der Waals surface area contributed by atoms with Gasteiger partial charge in [0.05, 0.1) is 34.0 Å². The van der Waals surface area contributed by atoms with Crippen LogP contribution in [-0.2, 0) is 11.3 Å². The summed E-state index contributed by atoms with van der Waals surface area (Å²) in [5, 5.41) is 4.05. The number of anilines is 1. The summed E-state index contributed by atoms with van der Waals surface area (Å²) < 4.78 is 2.63. The highest BCUT2D eigenvalue weighted by Gasteiger charge is 2.11. The first-order valence-corrected chi connectivity index (χ1v) is 11.7. The number of fused-ring (bicyclic) bond motifs is 2. The number of carbonyl (C=O) groups is 1. The predicted molar refractivity (Wildman–Crippen MR) is 134 cm³/mol. The summed E-state index contributed by atoms with van der Waals surface area (Å²) in [5.74, 6) is -0.0226. The van der Waals surface area contributed by atoms with Crippen LogP contribution in [0.4, 0.5) is 5.13 Å². The molecule has 0 aliphatic rings. The van der Waals surface area contributed by atoms with Crippen molar-refractivity contribution >= 4 is 43.5 Å². The highest BCUT2D eigenvalue weighted by molar-refractivity contribution is 7.22. The number of benzene rings is 3. The number of aromatic nitrogens is 3. The van der Waals surface area contributed by atoms with E-state index in [2.05, 4.69) is 15.3 Å². The summed E-state index contributed by atoms with van der Waals surface area (Å²) in [6.45, 7) is 2.45. The molecule has 0 aliphatic carbocycles. The molecule has 5 aromatic rings. The molecule has 0 fully saturated rings. The van der Waals surface area contributed by atoms with Crippen molar-refractivity contribution in [1.82, 2.24) is 14.5 Å². The molecule has 0 radical (unpaired) electrons. The van der Waals surface area contributed by atoms with Crippen LogP contribution in [0.5, 0.6) is 0 Å². The van der Waals surface area contributed by atoms with Crippen LogP contribution < -0.4 is 10.9 Å². The Morgan fingerprint density at radius 3 is 2.61 bits per heavy atom. The van der Waals surface area contributed by atoms with Gasteiger partial charge in [-0.05, 0) is 47.4 Å². The minimum absolute atomic E-state index is 0.0226. The average molecular weight is 455 g/mol. The van der Waals surface area contributed by atoms with Gasteiger partial charge in [-0.15, -0.1) is 0 Å². The zero-order valence-corrected chi connectivity index (χ0v) is 18.9. The Labute approximate surface area is 194 Å². The molecule has 5 rings (SSSR count). The SMILES string of the molecule is CCCC(=O)Nc1nc2cc(-c3ccc4ncn(Cc5ccccc5)c(=O)c4c3)ccc2s1. The molecule has 0 atom stereocenters. The molecule has 3 aromatic carbocycles. The summed E-state index contributed by atoms with van der Waals surface area (Å²) in [7, 11) is 0. The van der Waals surface area contributed by atoms with Crippen molar-refractivity contribution in [3.8, 4) is 11.1 Å². The summed E-state index contributed by atoms with van der Waals surface area (Å²) in [6.07, 6.45) is 2.88. The zero-order valence-electron chi connectivity index (χ0n) is 18.1. The van der Waals surface area contributed by atoms with Gasteiger partial charge < -0.3 is 5.32 Å². The van der Waals surface area contributed by atoms with Crippen LogP contribution in [0.25, 0.3) is 32.2 Å². The molecule has 1 amide bonds. The fourth-order valence-corrected chi connectivity index (χ4v) is 4.66. The maximum Gasteiger partial charge on any atom is 0.261 e. The Bertz CT molecular complexity index is 1520. The average Bonchev–Trinajstić information content (AvgIpc) is 3.23. The van der Waals surface area contributed by atoms with Gasteiger partial charge in [-0.2, -0.15) is 0 Å². The van der Waals surface area contributed by atoms with E-state index >= 15 is 0 Å². The molecule has 0 bridgehead atoms. The van der Waals surface area contributed by atoms with E-state index in [1.165, 1.54) is 11.3 Å². The Kier molecular flexibility index (Phi) is 5.71. The minimum atomic E-state index is -0.0682. The zero-order chi connectivity index (χ0) is 22.8. The van der Waals surface area contributed by atoms with Gasteiger partial charge in [0.15, 0.2) is 5.13 Å². The fourth-order valence-electron chi connectivity index (χ4n) is 3.80. The third kappa shape index (κ3) is 4.40. The minimum Gasteiger partial charge on any atom is -0.302 e. The highest BCUT2D eigenvalue weighted by atomic mass is 32.1. The second-order valence-corrected chi connectivity index (χ2v) is 8.93. The quantitative estimate of drug-likeness (QED) is 0.370. The number of nitrogens with zero attached hydrogens (tertiary/aromatic N) is 3. The van der Waals surface area contributed by atoms with E-state index in [-0.39, 0.29) is 11.5 Å². The molecule has 7 heteroatoms. The lowest BCUT2D eigenvalue weighted by molar-refractivity contribution is -0.116. The van der Waals surface area contributed by atoms with E-state index in [4.69, 9.17) is 0 Å². The topological polar surface area (TPSA) is 76.9 Å². The number of hydrogen-bond acceptors (Lipinski definition) is 5. The highest BCUT2D eigenvalue weighted by Crippen LogP contribution is 2.31. The van der Waals surface area contributed by atoms with Gasteiger partial charge in [-0.3, -0.25) is 14.2 Å². The van der Waals surface area contributed by atoms with E-state index in [1.807, 2.05) is 73.7 Å². The lowest BCUT2D eigenvalue weighted by atomic mass is 10.0. The summed E-state index contributed by atoms with van der Waals surface area (Å²) in [5.41, 5.74) is 4.35. The van der Waals surface area contributed by atoms with Gasteiger partial charge in [0, 0.05) is 6.42 Å². The van der Waals surface area contributed by atoms with Gasteiger partial charge in [-0.25, -0.2) is 9.97 Å². The van der Waals surface area contributed by atoms with E-state index in [0.717, 1.165) is 33.3 Å². The van der Waals surface area contributed by atoms with Crippen molar-refractivity contribution in [1.29, 1.82) is 0 Å². The van der Waals surface area contributed by atoms with E-state index in [9.17, 15) is 9.59 Å². The standard InChI is InChI=1S/C26H22N4O2S/c1-2-6-24(31)29-26-28-22-14-19(10-12-23(22)33-26)18-9-11-21-20(13-18)25(32)30(16-27-21)15-17-7-4-3-5-8-17/h3-5,7-14,16H,2,6,15H2,1H3,(H,28,29,31). The van der Waals surface area contributed by atoms with Crippen molar-refractivity contribution in [2.45, 2.75) is 26.3 Å². The molecule has 0 saturated carbocycles. The largest absolute Gasteiger partial charge is 0.302 e. The second-order valence-electron chi connectivity index (χ2n) is 7.89. The molecule has 2 aromatic heterocycles. The smallest absolute Gasteiger partial charge is 0.261 e. The first-order chi connectivity index (χ1) is 16.1. The maximum atomic E-state index is 13.2. The van der Waals surface area contributed by atoms with Crippen LogP contribution in [0, 0.1) is 0 Å². The number of nitrogens with one attached hydrogen (secondary N) is 1.